The van der Waals surface area contributed by atoms with Crippen molar-refractivity contribution in [1.29, 1.82) is 0 Å². The molecule has 1 heterocycles. The molecule has 4 nitrogen and oxygen atoms in total. The van der Waals surface area contributed by atoms with E-state index in [9.17, 15) is 8.42 Å². The number of nitrogens with zero attached hydrogens (tertiary/aromatic N) is 1. The van der Waals surface area contributed by atoms with Crippen molar-refractivity contribution < 1.29 is 12.6 Å². The maximum absolute atomic E-state index is 11.4. The smallest absolute Gasteiger partial charge is 0.256 e. The number of rotatable bonds is 2. The van der Waals surface area contributed by atoms with E-state index in [0.717, 1.165) is 0 Å². The maximum atomic E-state index is 11.4. The molecular weight excluding hydrogens is 190 g/mol. The normalized spacial score (nSPS) is 28.9. The molecule has 0 aliphatic carbocycles. The molecule has 1 saturated heterocycles. The van der Waals surface area contributed by atoms with E-state index in [1.165, 1.54) is 4.31 Å². The summed E-state index contributed by atoms with van der Waals surface area (Å²) in [7, 11) is -3.45. The van der Waals surface area contributed by atoms with Gasteiger partial charge in [-0.2, -0.15) is 12.7 Å². The van der Waals surface area contributed by atoms with Crippen molar-refractivity contribution in [2.45, 2.75) is 39.8 Å². The van der Waals surface area contributed by atoms with E-state index in [-0.39, 0.29) is 18.7 Å². The van der Waals surface area contributed by atoms with Gasteiger partial charge in [-0.3, -0.25) is 4.18 Å². The third kappa shape index (κ3) is 2.03. The second kappa shape index (κ2) is 3.55. The summed E-state index contributed by atoms with van der Waals surface area (Å²) >= 11 is 0. The van der Waals surface area contributed by atoms with Crippen molar-refractivity contribution in [3.05, 3.63) is 0 Å². The van der Waals surface area contributed by atoms with Crippen molar-refractivity contribution in [3.63, 3.8) is 0 Å². The van der Waals surface area contributed by atoms with Gasteiger partial charge in [0.15, 0.2) is 0 Å². The Morgan fingerprint density at radius 2 is 1.85 bits per heavy atom. The van der Waals surface area contributed by atoms with Crippen molar-refractivity contribution >= 4 is 10.3 Å². The summed E-state index contributed by atoms with van der Waals surface area (Å²) in [4.78, 5) is 0. The Morgan fingerprint density at radius 3 is 2.15 bits per heavy atom. The minimum Gasteiger partial charge on any atom is -0.256 e. The van der Waals surface area contributed by atoms with Crippen LogP contribution in [0.1, 0.15) is 27.7 Å². The summed E-state index contributed by atoms with van der Waals surface area (Å²) in [5, 5.41) is 0. The zero-order chi connectivity index (χ0) is 10.2. The molecule has 0 N–H and O–H groups in total. The molecule has 0 bridgehead atoms. The summed E-state index contributed by atoms with van der Waals surface area (Å²) in [6.45, 7) is 8.02. The monoisotopic (exact) mass is 207 g/mol. The van der Waals surface area contributed by atoms with Crippen molar-refractivity contribution in [2.75, 3.05) is 6.61 Å². The Kier molecular flexibility index (Phi) is 2.99. The summed E-state index contributed by atoms with van der Waals surface area (Å²) in [5.41, 5.74) is 0. The highest BCUT2D eigenvalue weighted by molar-refractivity contribution is 7.84. The Morgan fingerprint density at radius 1 is 1.31 bits per heavy atom. The Balaban J connectivity index is 2.93. The minimum absolute atomic E-state index is 0.00926. The second-order valence-corrected chi connectivity index (χ2v) is 5.49. The van der Waals surface area contributed by atoms with E-state index in [4.69, 9.17) is 4.18 Å². The lowest BCUT2D eigenvalue weighted by Crippen LogP contribution is -2.42. The molecule has 1 atom stereocenters. The SMILES string of the molecule is CC(C)C1COS(=O)(=O)N1C(C)C. The van der Waals surface area contributed by atoms with Gasteiger partial charge in [0.05, 0.1) is 12.6 Å². The molecular formula is C8H17NO3S. The fraction of sp³-hybridized carbons (Fsp3) is 1.00. The highest BCUT2D eigenvalue weighted by Gasteiger charge is 2.41. The van der Waals surface area contributed by atoms with Crippen LogP contribution >= 0.6 is 0 Å². The molecule has 0 aromatic carbocycles. The maximum Gasteiger partial charge on any atom is 0.339 e. The van der Waals surface area contributed by atoms with Crippen molar-refractivity contribution in [3.8, 4) is 0 Å². The molecule has 0 aromatic heterocycles. The van der Waals surface area contributed by atoms with Crippen LogP contribution in [0.15, 0.2) is 0 Å². The average Bonchev–Trinajstić information content (AvgIpc) is 2.24. The van der Waals surface area contributed by atoms with Gasteiger partial charge in [-0.05, 0) is 19.8 Å². The molecule has 0 aromatic rings. The number of hydrogen-bond donors (Lipinski definition) is 0. The van der Waals surface area contributed by atoms with Crippen LogP contribution in [0.4, 0.5) is 0 Å². The first-order valence-electron chi connectivity index (χ1n) is 4.54. The summed E-state index contributed by atoms with van der Waals surface area (Å²) in [5.74, 6) is 0.291. The molecule has 1 unspecified atom stereocenters. The molecule has 0 saturated carbocycles. The van der Waals surface area contributed by atoms with E-state index in [1.54, 1.807) is 0 Å². The molecule has 1 fully saturated rings. The highest BCUT2D eigenvalue weighted by atomic mass is 32.2. The van der Waals surface area contributed by atoms with Gasteiger partial charge in [0.1, 0.15) is 0 Å². The van der Waals surface area contributed by atoms with Gasteiger partial charge in [-0.1, -0.05) is 13.8 Å². The standard InChI is InChI=1S/C8H17NO3S/c1-6(2)8-5-12-13(10,11)9(8)7(3)4/h6-8H,5H2,1-4H3. The summed E-state index contributed by atoms with van der Waals surface area (Å²) in [6, 6.07) is -0.0371. The van der Waals surface area contributed by atoms with E-state index >= 15 is 0 Å². The van der Waals surface area contributed by atoms with Crippen LogP contribution in [0, 0.1) is 5.92 Å². The van der Waals surface area contributed by atoms with Crippen molar-refractivity contribution in [1.82, 2.24) is 4.31 Å². The third-order valence-electron chi connectivity index (χ3n) is 2.25. The summed E-state index contributed by atoms with van der Waals surface area (Å²) < 4.78 is 29.1. The molecule has 78 valence electrons. The molecule has 1 aliphatic heterocycles. The van der Waals surface area contributed by atoms with Gasteiger partial charge in [-0.25, -0.2) is 0 Å². The van der Waals surface area contributed by atoms with Crippen LogP contribution < -0.4 is 0 Å². The summed E-state index contributed by atoms with van der Waals surface area (Å²) in [6.07, 6.45) is 0. The predicted octanol–water partition coefficient (Wildman–Crippen LogP) is 0.996. The van der Waals surface area contributed by atoms with Crippen LogP contribution in [0.5, 0.6) is 0 Å². The van der Waals surface area contributed by atoms with Gasteiger partial charge < -0.3 is 0 Å². The molecule has 0 spiro atoms. The van der Waals surface area contributed by atoms with Crippen LogP contribution in [-0.2, 0) is 14.5 Å². The third-order valence-corrected chi connectivity index (χ3v) is 3.89. The molecule has 0 amide bonds. The fourth-order valence-corrected chi connectivity index (χ4v) is 3.17. The number of hydrogen-bond acceptors (Lipinski definition) is 3. The first-order chi connectivity index (χ1) is 5.86. The predicted molar refractivity (Wildman–Crippen MR) is 50.5 cm³/mol. The first kappa shape index (κ1) is 10.9. The zero-order valence-corrected chi connectivity index (χ0v) is 9.34. The van der Waals surface area contributed by atoms with E-state index < -0.39 is 10.3 Å². The van der Waals surface area contributed by atoms with Gasteiger partial charge in [0.25, 0.3) is 0 Å². The molecule has 13 heavy (non-hydrogen) atoms. The molecule has 0 radical (unpaired) electrons. The van der Waals surface area contributed by atoms with E-state index in [0.29, 0.717) is 5.92 Å². The Labute approximate surface area is 80.1 Å². The lowest BCUT2D eigenvalue weighted by molar-refractivity contribution is 0.229. The largest absolute Gasteiger partial charge is 0.339 e. The van der Waals surface area contributed by atoms with Crippen molar-refractivity contribution in [2.24, 2.45) is 5.92 Å². The van der Waals surface area contributed by atoms with E-state index in [2.05, 4.69) is 0 Å². The van der Waals surface area contributed by atoms with Crippen LogP contribution in [0.25, 0.3) is 0 Å². The van der Waals surface area contributed by atoms with Gasteiger partial charge in [0, 0.05) is 6.04 Å². The quantitative estimate of drug-likeness (QED) is 0.678. The topological polar surface area (TPSA) is 46.6 Å². The average molecular weight is 207 g/mol. The lowest BCUT2D eigenvalue weighted by atomic mass is 10.0. The Bertz CT molecular complexity index is 271. The van der Waals surface area contributed by atoms with Gasteiger partial charge in [0.2, 0.25) is 0 Å². The van der Waals surface area contributed by atoms with Crippen LogP contribution in [0.3, 0.4) is 0 Å². The minimum atomic E-state index is -3.45. The molecule has 1 rings (SSSR count). The molecule has 1 aliphatic rings. The van der Waals surface area contributed by atoms with Crippen LogP contribution in [0.2, 0.25) is 0 Å². The second-order valence-electron chi connectivity index (χ2n) is 3.98. The molecule has 5 heteroatoms. The lowest BCUT2D eigenvalue weighted by Gasteiger charge is -2.26. The van der Waals surface area contributed by atoms with Gasteiger partial charge in [-0.15, -0.1) is 0 Å². The van der Waals surface area contributed by atoms with Crippen LogP contribution in [-0.4, -0.2) is 31.4 Å². The first-order valence-corrected chi connectivity index (χ1v) is 5.90. The van der Waals surface area contributed by atoms with E-state index in [1.807, 2.05) is 27.7 Å². The van der Waals surface area contributed by atoms with Gasteiger partial charge >= 0.3 is 10.3 Å². The highest BCUT2D eigenvalue weighted by Crippen LogP contribution is 2.26. The zero-order valence-electron chi connectivity index (χ0n) is 8.52. The Hall–Kier alpha value is -0.130. The fourth-order valence-electron chi connectivity index (χ4n) is 1.58.